The molecule has 0 aromatic carbocycles. The van der Waals surface area contributed by atoms with E-state index >= 15 is 0 Å². The van der Waals surface area contributed by atoms with Crippen LogP contribution in [0.1, 0.15) is 33.1 Å². The molecule has 0 unspecified atom stereocenters. The van der Waals surface area contributed by atoms with Gasteiger partial charge in [-0.2, -0.15) is 0 Å². The Bertz CT molecular complexity index is 231. The second kappa shape index (κ2) is 3.92. The predicted octanol–water partition coefficient (Wildman–Crippen LogP) is 0.984. The molecule has 0 spiro atoms. The molecule has 1 aliphatic carbocycles. The Morgan fingerprint density at radius 3 is 2.85 bits per heavy atom. The summed E-state index contributed by atoms with van der Waals surface area (Å²) in [6.07, 6.45) is 4.92. The predicted molar refractivity (Wildman–Crippen MR) is 51.2 cm³/mol. The molecular formula is C10H17NO2. The summed E-state index contributed by atoms with van der Waals surface area (Å²) < 4.78 is 0. The van der Waals surface area contributed by atoms with Crippen LogP contribution in [0.3, 0.4) is 0 Å². The van der Waals surface area contributed by atoms with E-state index in [1.54, 1.807) is 13.8 Å². The quantitative estimate of drug-likeness (QED) is 0.685. The van der Waals surface area contributed by atoms with E-state index in [1.807, 2.05) is 6.08 Å². The minimum absolute atomic E-state index is 0.0310. The van der Waals surface area contributed by atoms with Crippen molar-refractivity contribution in [2.45, 2.75) is 38.6 Å². The highest BCUT2D eigenvalue weighted by Gasteiger charge is 2.22. The van der Waals surface area contributed by atoms with Crippen LogP contribution >= 0.6 is 0 Å². The SMILES string of the molecule is CC(C)(CO)NC(=O)C1=CCCC1. The third-order valence-corrected chi connectivity index (χ3v) is 2.18. The molecule has 3 heteroatoms. The molecule has 1 rings (SSSR count). The molecule has 0 aromatic heterocycles. The average Bonchev–Trinajstić information content (AvgIpc) is 2.55. The van der Waals surface area contributed by atoms with Crippen LogP contribution in [0.5, 0.6) is 0 Å². The molecule has 0 saturated carbocycles. The van der Waals surface area contributed by atoms with Crippen molar-refractivity contribution in [3.05, 3.63) is 11.6 Å². The summed E-state index contributed by atoms with van der Waals surface area (Å²) in [4.78, 5) is 11.5. The normalized spacial score (nSPS) is 17.0. The first kappa shape index (κ1) is 10.3. The van der Waals surface area contributed by atoms with E-state index in [0.29, 0.717) is 0 Å². The maximum atomic E-state index is 11.5. The van der Waals surface area contributed by atoms with E-state index in [1.165, 1.54) is 0 Å². The Morgan fingerprint density at radius 2 is 2.38 bits per heavy atom. The zero-order valence-electron chi connectivity index (χ0n) is 8.26. The molecular weight excluding hydrogens is 166 g/mol. The topological polar surface area (TPSA) is 49.3 Å². The zero-order valence-corrected chi connectivity index (χ0v) is 8.26. The summed E-state index contributed by atoms with van der Waals surface area (Å²) in [5.74, 6) is -0.0310. The lowest BCUT2D eigenvalue weighted by Gasteiger charge is -2.23. The molecule has 74 valence electrons. The summed E-state index contributed by atoms with van der Waals surface area (Å²) in [6.45, 7) is 3.58. The molecule has 0 bridgehead atoms. The Hall–Kier alpha value is -0.830. The Morgan fingerprint density at radius 1 is 1.69 bits per heavy atom. The Kier molecular flexibility index (Phi) is 3.09. The van der Waals surface area contributed by atoms with Gasteiger partial charge in [0.2, 0.25) is 5.91 Å². The van der Waals surface area contributed by atoms with Gasteiger partial charge in [0.05, 0.1) is 12.1 Å². The van der Waals surface area contributed by atoms with Crippen LogP contribution in [0.15, 0.2) is 11.6 Å². The van der Waals surface area contributed by atoms with Crippen LogP contribution in [-0.4, -0.2) is 23.2 Å². The Labute approximate surface area is 78.8 Å². The summed E-state index contributed by atoms with van der Waals surface area (Å²) >= 11 is 0. The van der Waals surface area contributed by atoms with Gasteiger partial charge < -0.3 is 10.4 Å². The van der Waals surface area contributed by atoms with E-state index in [4.69, 9.17) is 5.11 Å². The highest BCUT2D eigenvalue weighted by atomic mass is 16.3. The lowest BCUT2D eigenvalue weighted by Crippen LogP contribution is -2.46. The molecule has 0 heterocycles. The number of rotatable bonds is 3. The number of amides is 1. The van der Waals surface area contributed by atoms with Crippen molar-refractivity contribution in [3.63, 3.8) is 0 Å². The number of nitrogens with one attached hydrogen (secondary N) is 1. The molecule has 0 aromatic rings. The lowest BCUT2D eigenvalue weighted by atomic mass is 10.1. The minimum atomic E-state index is -0.513. The van der Waals surface area contributed by atoms with Crippen molar-refractivity contribution < 1.29 is 9.90 Å². The maximum absolute atomic E-state index is 11.5. The summed E-state index contributed by atoms with van der Waals surface area (Å²) in [5.41, 5.74) is 0.349. The molecule has 0 aliphatic heterocycles. The average molecular weight is 183 g/mol. The smallest absolute Gasteiger partial charge is 0.247 e. The van der Waals surface area contributed by atoms with Gasteiger partial charge in [-0.1, -0.05) is 6.08 Å². The molecule has 0 saturated heterocycles. The molecule has 3 nitrogen and oxygen atoms in total. The molecule has 0 radical (unpaired) electrons. The fraction of sp³-hybridized carbons (Fsp3) is 0.700. The first-order chi connectivity index (χ1) is 6.05. The van der Waals surface area contributed by atoms with Crippen LogP contribution < -0.4 is 5.32 Å². The number of hydrogen-bond donors (Lipinski definition) is 2. The van der Waals surface area contributed by atoms with Crippen molar-refractivity contribution in [2.24, 2.45) is 0 Å². The van der Waals surface area contributed by atoms with Crippen molar-refractivity contribution in [3.8, 4) is 0 Å². The van der Waals surface area contributed by atoms with Crippen LogP contribution in [0.4, 0.5) is 0 Å². The maximum Gasteiger partial charge on any atom is 0.247 e. The van der Waals surface area contributed by atoms with Gasteiger partial charge in [0.1, 0.15) is 0 Å². The Balaban J connectivity index is 2.50. The van der Waals surface area contributed by atoms with Crippen LogP contribution in [0.25, 0.3) is 0 Å². The van der Waals surface area contributed by atoms with Gasteiger partial charge in [-0.25, -0.2) is 0 Å². The molecule has 0 atom stereocenters. The number of hydrogen-bond acceptors (Lipinski definition) is 2. The fourth-order valence-electron chi connectivity index (χ4n) is 1.30. The van der Waals surface area contributed by atoms with E-state index in [2.05, 4.69) is 5.32 Å². The molecule has 2 N–H and O–H groups in total. The summed E-state index contributed by atoms with van der Waals surface area (Å²) in [7, 11) is 0. The fourth-order valence-corrected chi connectivity index (χ4v) is 1.30. The number of carbonyl (C=O) groups is 1. The molecule has 1 amide bonds. The monoisotopic (exact) mass is 183 g/mol. The third kappa shape index (κ3) is 2.84. The second-order valence-corrected chi connectivity index (χ2v) is 4.12. The van der Waals surface area contributed by atoms with E-state index < -0.39 is 5.54 Å². The summed E-state index contributed by atoms with van der Waals surface area (Å²) in [5, 5.41) is 11.7. The van der Waals surface area contributed by atoms with E-state index in [9.17, 15) is 4.79 Å². The van der Waals surface area contributed by atoms with Crippen molar-refractivity contribution in [1.82, 2.24) is 5.32 Å². The zero-order chi connectivity index (χ0) is 9.90. The van der Waals surface area contributed by atoms with Gasteiger partial charge in [0.15, 0.2) is 0 Å². The number of carbonyl (C=O) groups excluding carboxylic acids is 1. The van der Waals surface area contributed by atoms with Gasteiger partial charge in [-0.3, -0.25) is 4.79 Å². The first-order valence-electron chi connectivity index (χ1n) is 4.67. The lowest BCUT2D eigenvalue weighted by molar-refractivity contribution is -0.119. The highest BCUT2D eigenvalue weighted by Crippen LogP contribution is 2.18. The van der Waals surface area contributed by atoms with Gasteiger partial charge in [-0.05, 0) is 33.1 Å². The van der Waals surface area contributed by atoms with E-state index in [-0.39, 0.29) is 12.5 Å². The second-order valence-electron chi connectivity index (χ2n) is 4.12. The highest BCUT2D eigenvalue weighted by molar-refractivity contribution is 5.94. The van der Waals surface area contributed by atoms with Crippen molar-refractivity contribution >= 4 is 5.91 Å². The third-order valence-electron chi connectivity index (χ3n) is 2.18. The number of allylic oxidation sites excluding steroid dienone is 1. The van der Waals surface area contributed by atoms with Gasteiger partial charge in [0.25, 0.3) is 0 Å². The minimum Gasteiger partial charge on any atom is -0.394 e. The van der Waals surface area contributed by atoms with Crippen molar-refractivity contribution in [2.75, 3.05) is 6.61 Å². The molecule has 1 aliphatic rings. The van der Waals surface area contributed by atoms with Gasteiger partial charge in [0, 0.05) is 5.57 Å². The van der Waals surface area contributed by atoms with Crippen molar-refractivity contribution in [1.29, 1.82) is 0 Å². The number of aliphatic hydroxyl groups is 1. The van der Waals surface area contributed by atoms with E-state index in [0.717, 1.165) is 24.8 Å². The standard InChI is InChI=1S/C10H17NO2/c1-10(2,7-12)11-9(13)8-5-3-4-6-8/h5,12H,3-4,6-7H2,1-2H3,(H,11,13). The number of aliphatic hydroxyl groups excluding tert-OH is 1. The van der Waals surface area contributed by atoms with Gasteiger partial charge >= 0.3 is 0 Å². The first-order valence-corrected chi connectivity index (χ1v) is 4.67. The molecule has 0 fully saturated rings. The van der Waals surface area contributed by atoms with Crippen LogP contribution in [-0.2, 0) is 4.79 Å². The largest absolute Gasteiger partial charge is 0.394 e. The molecule has 13 heavy (non-hydrogen) atoms. The summed E-state index contributed by atoms with van der Waals surface area (Å²) in [6, 6.07) is 0. The van der Waals surface area contributed by atoms with Crippen LogP contribution in [0.2, 0.25) is 0 Å². The van der Waals surface area contributed by atoms with Crippen LogP contribution in [0, 0.1) is 0 Å². The van der Waals surface area contributed by atoms with Gasteiger partial charge in [-0.15, -0.1) is 0 Å².